The average molecular weight is 419 g/mol. The van der Waals surface area contributed by atoms with Crippen LogP contribution in [0, 0.1) is 0 Å². The number of aromatic amines is 1. The van der Waals surface area contributed by atoms with Crippen molar-refractivity contribution in [3.63, 3.8) is 0 Å². The Balaban J connectivity index is 1.62. The minimum atomic E-state index is -0.544. The molecule has 1 atom stereocenters. The van der Waals surface area contributed by atoms with E-state index in [-0.39, 0.29) is 11.9 Å². The van der Waals surface area contributed by atoms with Crippen LogP contribution in [0.2, 0.25) is 0 Å². The number of carbonyl (C=O) groups is 2. The number of carbonyl (C=O) groups excluding carboxylic acids is 2. The molecule has 0 saturated heterocycles. The van der Waals surface area contributed by atoms with Gasteiger partial charge in [0.15, 0.2) is 0 Å². The van der Waals surface area contributed by atoms with Crippen LogP contribution in [0.5, 0.6) is 0 Å². The number of nitrogens with zero attached hydrogens (tertiary/aromatic N) is 2. The monoisotopic (exact) mass is 418 g/mol. The van der Waals surface area contributed by atoms with Gasteiger partial charge >= 0.3 is 6.03 Å². The van der Waals surface area contributed by atoms with E-state index in [1.54, 1.807) is 13.1 Å². The highest BCUT2D eigenvalue weighted by Gasteiger charge is 2.31. The summed E-state index contributed by atoms with van der Waals surface area (Å²) in [5, 5.41) is 16.4. The number of fused-ring (bicyclic) bond motifs is 1. The second-order valence-electron chi connectivity index (χ2n) is 7.46. The molecule has 2 heterocycles. The van der Waals surface area contributed by atoms with Gasteiger partial charge in [0.2, 0.25) is 0 Å². The van der Waals surface area contributed by atoms with Crippen molar-refractivity contribution in [2.45, 2.75) is 26.8 Å². The fraction of sp³-hybridized carbons (Fsp3) is 0.261. The zero-order chi connectivity index (χ0) is 22.0. The second-order valence-corrected chi connectivity index (χ2v) is 7.46. The lowest BCUT2D eigenvalue weighted by molar-refractivity contribution is -0.113. The van der Waals surface area contributed by atoms with Crippen LogP contribution in [0.1, 0.15) is 32.4 Å². The highest BCUT2D eigenvalue weighted by molar-refractivity contribution is 6.07. The molecular weight excluding hydrogens is 392 g/mol. The lowest BCUT2D eigenvalue weighted by Crippen LogP contribution is -2.46. The molecule has 0 saturated carbocycles. The molecular formula is C23H26N6O2. The van der Waals surface area contributed by atoms with Gasteiger partial charge in [-0.25, -0.2) is 4.79 Å². The normalized spacial score (nSPS) is 16.1. The molecule has 0 bridgehead atoms. The number of nitrogens with one attached hydrogen (secondary N) is 4. The molecule has 0 spiro atoms. The van der Waals surface area contributed by atoms with Crippen LogP contribution in [0.4, 0.5) is 16.2 Å². The van der Waals surface area contributed by atoms with Gasteiger partial charge in [-0.1, -0.05) is 12.1 Å². The van der Waals surface area contributed by atoms with Gasteiger partial charge in [-0.15, -0.1) is 0 Å². The Bertz CT molecular complexity index is 1140. The van der Waals surface area contributed by atoms with Crippen LogP contribution in [-0.4, -0.2) is 35.2 Å². The summed E-state index contributed by atoms with van der Waals surface area (Å²) < 4.78 is 0. The first-order chi connectivity index (χ1) is 15.0. The van der Waals surface area contributed by atoms with E-state index >= 15 is 0 Å². The van der Waals surface area contributed by atoms with Crippen LogP contribution >= 0.6 is 0 Å². The van der Waals surface area contributed by atoms with Gasteiger partial charge in [-0.05, 0) is 56.7 Å². The van der Waals surface area contributed by atoms with Gasteiger partial charge in [-0.2, -0.15) is 5.10 Å². The standard InChI is InChI=1S/C23H26N6O2/c1-4-29(5-2)18-9-6-15(7-10-18)21-20(14(3)25-23(31)27-21)22(30)26-17-8-11-19-16(12-17)13-24-28-19/h6-13,21H,4-5H2,1-3H3,(H,24,28)(H,26,30)(H2,25,27,31). The molecule has 0 fully saturated rings. The minimum absolute atomic E-state index is 0.273. The van der Waals surface area contributed by atoms with E-state index in [9.17, 15) is 9.59 Å². The summed E-state index contributed by atoms with van der Waals surface area (Å²) in [6.07, 6.45) is 1.71. The molecule has 1 aromatic heterocycles. The Kier molecular flexibility index (Phi) is 5.62. The quantitative estimate of drug-likeness (QED) is 0.490. The highest BCUT2D eigenvalue weighted by Crippen LogP contribution is 2.29. The number of H-pyrrole nitrogens is 1. The molecule has 1 unspecified atom stereocenters. The lowest BCUT2D eigenvalue weighted by atomic mass is 9.94. The summed E-state index contributed by atoms with van der Waals surface area (Å²) in [5.74, 6) is -0.273. The van der Waals surface area contributed by atoms with Crippen LogP contribution in [0.25, 0.3) is 10.9 Å². The fourth-order valence-electron chi connectivity index (χ4n) is 3.93. The first-order valence-electron chi connectivity index (χ1n) is 10.4. The van der Waals surface area contributed by atoms with Gasteiger partial charge in [-0.3, -0.25) is 9.89 Å². The summed E-state index contributed by atoms with van der Waals surface area (Å²) >= 11 is 0. The third-order valence-electron chi connectivity index (χ3n) is 5.57. The van der Waals surface area contributed by atoms with E-state index in [1.807, 2.05) is 42.5 Å². The largest absolute Gasteiger partial charge is 0.372 e. The van der Waals surface area contributed by atoms with Gasteiger partial charge in [0, 0.05) is 35.5 Å². The minimum Gasteiger partial charge on any atom is -0.372 e. The molecule has 3 aromatic rings. The van der Waals surface area contributed by atoms with Crippen molar-refractivity contribution >= 4 is 34.2 Å². The number of allylic oxidation sites excluding steroid dienone is 1. The van der Waals surface area contributed by atoms with Gasteiger partial charge in [0.1, 0.15) is 0 Å². The zero-order valence-electron chi connectivity index (χ0n) is 17.8. The number of hydrogen-bond donors (Lipinski definition) is 4. The van der Waals surface area contributed by atoms with Crippen molar-refractivity contribution < 1.29 is 9.59 Å². The van der Waals surface area contributed by atoms with E-state index in [4.69, 9.17) is 0 Å². The van der Waals surface area contributed by atoms with E-state index < -0.39 is 6.04 Å². The second kappa shape index (κ2) is 8.51. The number of anilines is 2. The van der Waals surface area contributed by atoms with Crippen molar-refractivity contribution in [2.75, 3.05) is 23.3 Å². The molecule has 3 amide bonds. The van der Waals surface area contributed by atoms with E-state index in [0.29, 0.717) is 17.0 Å². The Labute approximate surface area is 180 Å². The van der Waals surface area contributed by atoms with Crippen molar-refractivity contribution in [2.24, 2.45) is 0 Å². The predicted octanol–water partition coefficient (Wildman–Crippen LogP) is 3.68. The summed E-state index contributed by atoms with van der Waals surface area (Å²) in [4.78, 5) is 27.6. The number of rotatable bonds is 6. The van der Waals surface area contributed by atoms with Gasteiger partial charge in [0.25, 0.3) is 5.91 Å². The molecule has 4 N–H and O–H groups in total. The Hall–Kier alpha value is -3.81. The Morgan fingerprint density at radius 2 is 1.87 bits per heavy atom. The molecule has 1 aliphatic heterocycles. The third kappa shape index (κ3) is 4.09. The van der Waals surface area contributed by atoms with E-state index in [2.05, 4.69) is 44.9 Å². The number of aromatic nitrogens is 2. The molecule has 1 aliphatic rings. The van der Waals surface area contributed by atoms with Crippen molar-refractivity contribution in [1.29, 1.82) is 0 Å². The number of benzene rings is 2. The first kappa shape index (κ1) is 20.5. The average Bonchev–Trinajstić information content (AvgIpc) is 3.22. The van der Waals surface area contributed by atoms with Gasteiger partial charge in [0.05, 0.1) is 23.3 Å². The van der Waals surface area contributed by atoms with Crippen LogP contribution in [0.3, 0.4) is 0 Å². The summed E-state index contributed by atoms with van der Waals surface area (Å²) in [6.45, 7) is 7.78. The van der Waals surface area contributed by atoms with Crippen molar-refractivity contribution in [3.05, 3.63) is 65.5 Å². The predicted molar refractivity (Wildman–Crippen MR) is 122 cm³/mol. The first-order valence-corrected chi connectivity index (χ1v) is 10.4. The van der Waals surface area contributed by atoms with Crippen LogP contribution < -0.4 is 20.9 Å². The Morgan fingerprint density at radius 3 is 2.58 bits per heavy atom. The highest BCUT2D eigenvalue weighted by atomic mass is 16.2. The summed E-state index contributed by atoms with van der Waals surface area (Å²) in [7, 11) is 0. The third-order valence-corrected chi connectivity index (χ3v) is 5.57. The molecule has 160 valence electrons. The summed E-state index contributed by atoms with van der Waals surface area (Å²) in [6, 6.07) is 12.6. The molecule has 0 radical (unpaired) electrons. The van der Waals surface area contributed by atoms with Crippen molar-refractivity contribution in [3.8, 4) is 0 Å². The molecule has 0 aliphatic carbocycles. The number of urea groups is 1. The van der Waals surface area contributed by atoms with Crippen LogP contribution in [-0.2, 0) is 4.79 Å². The molecule has 8 nitrogen and oxygen atoms in total. The maximum Gasteiger partial charge on any atom is 0.319 e. The van der Waals surface area contributed by atoms with E-state index in [1.165, 1.54) is 0 Å². The smallest absolute Gasteiger partial charge is 0.319 e. The molecule has 31 heavy (non-hydrogen) atoms. The molecule has 4 rings (SSSR count). The molecule has 8 heteroatoms. The van der Waals surface area contributed by atoms with E-state index in [0.717, 1.165) is 35.2 Å². The van der Waals surface area contributed by atoms with Crippen molar-refractivity contribution in [1.82, 2.24) is 20.8 Å². The number of hydrogen-bond acceptors (Lipinski definition) is 4. The summed E-state index contributed by atoms with van der Waals surface area (Å²) in [5.41, 5.74) is 4.51. The topological polar surface area (TPSA) is 102 Å². The lowest BCUT2D eigenvalue weighted by Gasteiger charge is -2.29. The SMILES string of the molecule is CCN(CC)c1ccc(C2NC(=O)NC(C)=C2C(=O)Nc2ccc3[nH]ncc3c2)cc1. The van der Waals surface area contributed by atoms with Crippen LogP contribution in [0.15, 0.2) is 59.9 Å². The number of amides is 3. The maximum atomic E-state index is 13.2. The van der Waals surface area contributed by atoms with Gasteiger partial charge < -0.3 is 20.9 Å². The Morgan fingerprint density at radius 1 is 1.13 bits per heavy atom. The molecule has 2 aromatic carbocycles. The fourth-order valence-corrected chi connectivity index (χ4v) is 3.93. The zero-order valence-corrected chi connectivity index (χ0v) is 17.8. The maximum absolute atomic E-state index is 13.2.